The fourth-order valence-electron chi connectivity index (χ4n) is 2.05. The summed E-state index contributed by atoms with van der Waals surface area (Å²) in [6.07, 6.45) is 11.6. The molecule has 0 aromatic carbocycles. The van der Waals surface area contributed by atoms with Crippen molar-refractivity contribution >= 4 is 15.9 Å². The summed E-state index contributed by atoms with van der Waals surface area (Å²) in [7, 11) is 2.03. The second-order valence-corrected chi connectivity index (χ2v) is 5.40. The second kappa shape index (κ2) is 8.65. The molecule has 17 heavy (non-hydrogen) atoms. The van der Waals surface area contributed by atoms with Crippen molar-refractivity contribution in [1.82, 2.24) is 10.3 Å². The normalized spacial score (nSPS) is 12.6. The molecule has 96 valence electrons. The van der Waals surface area contributed by atoms with Crippen LogP contribution in [0.1, 0.15) is 57.1 Å². The number of aromatic nitrogens is 1. The summed E-state index contributed by atoms with van der Waals surface area (Å²) >= 11 is 3.47. The topological polar surface area (TPSA) is 24.9 Å². The van der Waals surface area contributed by atoms with Crippen LogP contribution >= 0.6 is 15.9 Å². The van der Waals surface area contributed by atoms with Gasteiger partial charge < -0.3 is 5.32 Å². The summed E-state index contributed by atoms with van der Waals surface area (Å²) < 4.78 is 1.06. The Morgan fingerprint density at radius 2 is 2.00 bits per heavy atom. The van der Waals surface area contributed by atoms with Gasteiger partial charge in [-0.15, -0.1) is 0 Å². The Balaban J connectivity index is 2.38. The van der Waals surface area contributed by atoms with Gasteiger partial charge in [-0.25, -0.2) is 0 Å². The Labute approximate surface area is 113 Å². The minimum Gasteiger partial charge on any atom is -0.313 e. The van der Waals surface area contributed by atoms with Gasteiger partial charge >= 0.3 is 0 Å². The van der Waals surface area contributed by atoms with E-state index in [0.29, 0.717) is 6.04 Å². The predicted molar refractivity (Wildman–Crippen MR) is 77.1 cm³/mol. The number of pyridine rings is 1. The van der Waals surface area contributed by atoms with Crippen LogP contribution in [-0.2, 0) is 0 Å². The smallest absolute Gasteiger partial charge is 0.0410 e. The number of hydrogen-bond donors (Lipinski definition) is 1. The van der Waals surface area contributed by atoms with Gasteiger partial charge in [0.25, 0.3) is 0 Å². The van der Waals surface area contributed by atoms with Crippen LogP contribution in [0.15, 0.2) is 22.9 Å². The molecular formula is C14H23BrN2. The Hall–Kier alpha value is -0.410. The number of unbranched alkanes of at least 4 members (excludes halogenated alkanes) is 4. The average molecular weight is 299 g/mol. The predicted octanol–water partition coefficient (Wildman–Crippen LogP) is 4.47. The van der Waals surface area contributed by atoms with E-state index in [1.165, 1.54) is 44.1 Å². The first kappa shape index (κ1) is 14.7. The van der Waals surface area contributed by atoms with Gasteiger partial charge in [0.2, 0.25) is 0 Å². The summed E-state index contributed by atoms with van der Waals surface area (Å²) in [5.74, 6) is 0. The van der Waals surface area contributed by atoms with E-state index in [4.69, 9.17) is 0 Å². The number of nitrogens with zero attached hydrogens (tertiary/aromatic N) is 1. The third kappa shape index (κ3) is 5.64. The van der Waals surface area contributed by atoms with E-state index in [1.54, 1.807) is 0 Å². The maximum atomic E-state index is 4.22. The molecule has 0 radical (unpaired) electrons. The first-order chi connectivity index (χ1) is 8.27. The number of hydrogen-bond acceptors (Lipinski definition) is 2. The van der Waals surface area contributed by atoms with Gasteiger partial charge in [-0.05, 0) is 41.0 Å². The summed E-state index contributed by atoms with van der Waals surface area (Å²) in [4.78, 5) is 4.22. The molecule has 1 aromatic heterocycles. The molecule has 1 rings (SSSR count). The lowest BCUT2D eigenvalue weighted by atomic mass is 10.0. The molecule has 3 heteroatoms. The first-order valence-corrected chi connectivity index (χ1v) is 7.35. The molecule has 1 N–H and O–H groups in total. The maximum Gasteiger partial charge on any atom is 0.0410 e. The van der Waals surface area contributed by atoms with E-state index in [1.807, 2.05) is 19.4 Å². The molecule has 0 saturated heterocycles. The zero-order chi connectivity index (χ0) is 12.5. The van der Waals surface area contributed by atoms with Crippen LogP contribution in [0.2, 0.25) is 0 Å². The Morgan fingerprint density at radius 1 is 1.24 bits per heavy atom. The minimum atomic E-state index is 0.432. The maximum absolute atomic E-state index is 4.22. The van der Waals surface area contributed by atoms with Crippen LogP contribution in [0.5, 0.6) is 0 Å². The van der Waals surface area contributed by atoms with Gasteiger partial charge in [0.05, 0.1) is 0 Å². The van der Waals surface area contributed by atoms with E-state index in [0.717, 1.165) is 4.47 Å². The van der Waals surface area contributed by atoms with Crippen LogP contribution in [0.4, 0.5) is 0 Å². The van der Waals surface area contributed by atoms with Crippen molar-refractivity contribution in [2.45, 2.75) is 51.5 Å². The summed E-state index contributed by atoms with van der Waals surface area (Å²) in [6, 6.07) is 2.59. The summed E-state index contributed by atoms with van der Waals surface area (Å²) in [5, 5.41) is 3.38. The lowest BCUT2D eigenvalue weighted by Gasteiger charge is -2.16. The van der Waals surface area contributed by atoms with Crippen LogP contribution in [-0.4, -0.2) is 12.0 Å². The highest BCUT2D eigenvalue weighted by Crippen LogP contribution is 2.21. The average Bonchev–Trinajstić information content (AvgIpc) is 2.34. The molecule has 0 aliphatic rings. The monoisotopic (exact) mass is 298 g/mol. The van der Waals surface area contributed by atoms with E-state index in [9.17, 15) is 0 Å². The second-order valence-electron chi connectivity index (χ2n) is 4.48. The molecule has 1 atom stereocenters. The highest BCUT2D eigenvalue weighted by molar-refractivity contribution is 9.10. The molecule has 1 heterocycles. The van der Waals surface area contributed by atoms with Crippen molar-refractivity contribution in [3.8, 4) is 0 Å². The Kier molecular flexibility index (Phi) is 7.45. The molecule has 0 aliphatic heterocycles. The first-order valence-electron chi connectivity index (χ1n) is 6.55. The Morgan fingerprint density at radius 3 is 2.65 bits per heavy atom. The molecule has 0 amide bonds. The lowest BCUT2D eigenvalue weighted by molar-refractivity contribution is 0.499. The number of nitrogens with one attached hydrogen (secondary N) is 1. The van der Waals surface area contributed by atoms with E-state index in [2.05, 4.69) is 39.2 Å². The zero-order valence-electron chi connectivity index (χ0n) is 10.9. The van der Waals surface area contributed by atoms with Gasteiger partial charge in [0, 0.05) is 22.9 Å². The van der Waals surface area contributed by atoms with E-state index < -0.39 is 0 Å². The standard InChI is InChI=1S/C14H23BrN2/c1-3-4-5-6-7-8-14(16-2)12-9-13(15)11-17-10-12/h9-11,14,16H,3-8H2,1-2H3. The zero-order valence-corrected chi connectivity index (χ0v) is 12.5. The molecule has 0 saturated carbocycles. The minimum absolute atomic E-state index is 0.432. The van der Waals surface area contributed by atoms with Crippen molar-refractivity contribution in [3.63, 3.8) is 0 Å². The van der Waals surface area contributed by atoms with E-state index in [-0.39, 0.29) is 0 Å². The number of halogens is 1. The molecule has 1 unspecified atom stereocenters. The van der Waals surface area contributed by atoms with Crippen LogP contribution in [0.3, 0.4) is 0 Å². The summed E-state index contributed by atoms with van der Waals surface area (Å²) in [6.45, 7) is 2.25. The molecule has 0 fully saturated rings. The molecule has 2 nitrogen and oxygen atoms in total. The Bertz CT molecular complexity index is 315. The van der Waals surface area contributed by atoms with Crippen molar-refractivity contribution in [3.05, 3.63) is 28.5 Å². The molecule has 1 aromatic rings. The van der Waals surface area contributed by atoms with Gasteiger partial charge in [0.15, 0.2) is 0 Å². The SMILES string of the molecule is CCCCCCCC(NC)c1cncc(Br)c1. The highest BCUT2D eigenvalue weighted by atomic mass is 79.9. The quantitative estimate of drug-likeness (QED) is 0.717. The molecule has 0 bridgehead atoms. The van der Waals surface area contributed by atoms with Gasteiger partial charge in [-0.2, -0.15) is 0 Å². The van der Waals surface area contributed by atoms with Gasteiger partial charge in [-0.3, -0.25) is 4.98 Å². The third-order valence-electron chi connectivity index (χ3n) is 3.07. The highest BCUT2D eigenvalue weighted by Gasteiger charge is 2.09. The fourth-order valence-corrected chi connectivity index (χ4v) is 2.43. The molecule has 0 spiro atoms. The van der Waals surface area contributed by atoms with Crippen molar-refractivity contribution in [1.29, 1.82) is 0 Å². The van der Waals surface area contributed by atoms with Crippen LogP contribution in [0, 0.1) is 0 Å². The van der Waals surface area contributed by atoms with E-state index >= 15 is 0 Å². The van der Waals surface area contributed by atoms with Gasteiger partial charge in [-0.1, -0.05) is 39.0 Å². The molecule has 0 aliphatic carbocycles. The van der Waals surface area contributed by atoms with Crippen molar-refractivity contribution in [2.75, 3.05) is 7.05 Å². The third-order valence-corrected chi connectivity index (χ3v) is 3.51. The van der Waals surface area contributed by atoms with Crippen LogP contribution < -0.4 is 5.32 Å². The van der Waals surface area contributed by atoms with Gasteiger partial charge in [0.1, 0.15) is 0 Å². The van der Waals surface area contributed by atoms with Crippen LogP contribution in [0.25, 0.3) is 0 Å². The lowest BCUT2D eigenvalue weighted by Crippen LogP contribution is -2.16. The van der Waals surface area contributed by atoms with Crippen molar-refractivity contribution in [2.24, 2.45) is 0 Å². The summed E-state index contributed by atoms with van der Waals surface area (Å²) in [5.41, 5.74) is 1.28. The number of rotatable bonds is 8. The fraction of sp³-hybridized carbons (Fsp3) is 0.643. The van der Waals surface area contributed by atoms with Crippen molar-refractivity contribution < 1.29 is 0 Å². The molecular weight excluding hydrogens is 276 g/mol. The largest absolute Gasteiger partial charge is 0.313 e.